The maximum absolute atomic E-state index is 14.0. The first kappa shape index (κ1) is 22.5. The predicted octanol–water partition coefficient (Wildman–Crippen LogP) is 2.97. The highest BCUT2D eigenvalue weighted by Crippen LogP contribution is 2.34. The van der Waals surface area contributed by atoms with E-state index in [4.69, 9.17) is 16.2 Å². The van der Waals surface area contributed by atoms with Gasteiger partial charge in [-0.2, -0.15) is 5.10 Å². The third-order valence-corrected chi connectivity index (χ3v) is 6.10. The maximum Gasteiger partial charge on any atom is 0.254 e. The number of amides is 1. The maximum atomic E-state index is 14.0. The molecule has 33 heavy (non-hydrogen) atoms. The number of nitrogens with two attached hydrogens (primary N) is 2. The van der Waals surface area contributed by atoms with Gasteiger partial charge in [-0.1, -0.05) is 0 Å². The monoisotopic (exact) mass is 456 g/mol. The second-order valence-electron chi connectivity index (χ2n) is 8.10. The average molecular weight is 456 g/mol. The number of methoxy groups -OCH3 is 1. The Morgan fingerprint density at radius 1 is 1.15 bits per heavy atom. The number of carbonyl (C=O) groups excluding carboxylic acids is 1. The Morgan fingerprint density at radius 2 is 1.85 bits per heavy atom. The number of piperidine rings is 1. The lowest BCUT2D eigenvalue weighted by molar-refractivity contribution is 0.100. The van der Waals surface area contributed by atoms with Gasteiger partial charge < -0.3 is 26.4 Å². The molecule has 2 heterocycles. The van der Waals surface area contributed by atoms with Crippen LogP contribution >= 0.6 is 0 Å². The lowest BCUT2D eigenvalue weighted by Crippen LogP contribution is -2.50. The predicted molar refractivity (Wildman–Crippen MR) is 122 cm³/mol. The SMILES string of the molecule is COc1cc(F)cc(N2CCC(CN)(n3cc(C(N)=O)c(Nc4ccc(F)cc4)n3)CC2)c1. The Morgan fingerprint density at radius 3 is 2.45 bits per heavy atom. The zero-order valence-electron chi connectivity index (χ0n) is 18.2. The summed E-state index contributed by atoms with van der Waals surface area (Å²) in [5.41, 5.74) is 12.7. The van der Waals surface area contributed by atoms with Gasteiger partial charge in [-0.05, 0) is 43.2 Å². The van der Waals surface area contributed by atoms with E-state index in [1.54, 1.807) is 29.1 Å². The van der Waals surface area contributed by atoms with E-state index in [1.807, 2.05) is 0 Å². The van der Waals surface area contributed by atoms with Gasteiger partial charge in [0.15, 0.2) is 5.82 Å². The number of carbonyl (C=O) groups is 1. The van der Waals surface area contributed by atoms with Crippen LogP contribution in [-0.2, 0) is 5.54 Å². The van der Waals surface area contributed by atoms with Crippen molar-refractivity contribution in [1.29, 1.82) is 0 Å². The highest BCUT2D eigenvalue weighted by atomic mass is 19.1. The van der Waals surface area contributed by atoms with Crippen molar-refractivity contribution < 1.29 is 18.3 Å². The fourth-order valence-electron chi connectivity index (χ4n) is 4.12. The van der Waals surface area contributed by atoms with Crippen molar-refractivity contribution in [2.24, 2.45) is 11.5 Å². The highest BCUT2D eigenvalue weighted by molar-refractivity contribution is 5.98. The lowest BCUT2D eigenvalue weighted by atomic mass is 9.87. The zero-order chi connectivity index (χ0) is 23.6. The summed E-state index contributed by atoms with van der Waals surface area (Å²) in [5.74, 6) is -0.641. The Kier molecular flexibility index (Phi) is 6.19. The van der Waals surface area contributed by atoms with Crippen LogP contribution in [0.25, 0.3) is 0 Å². The Bertz CT molecular complexity index is 1140. The van der Waals surface area contributed by atoms with Crippen molar-refractivity contribution >= 4 is 23.1 Å². The van der Waals surface area contributed by atoms with Gasteiger partial charge in [-0.3, -0.25) is 9.48 Å². The molecule has 174 valence electrons. The van der Waals surface area contributed by atoms with Gasteiger partial charge in [0.05, 0.1) is 12.6 Å². The standard InChI is InChI=1S/C23H26F2N6O2/c1-33-19-11-16(25)10-18(12-19)30-8-6-23(14-26,7-9-30)31-13-20(21(27)32)22(29-31)28-17-4-2-15(24)3-5-17/h2-5,10-13H,6-9,14,26H2,1H3,(H2,27,32)(H,28,29). The van der Waals surface area contributed by atoms with E-state index in [0.29, 0.717) is 43.9 Å². The summed E-state index contributed by atoms with van der Waals surface area (Å²) in [6.45, 7) is 1.51. The molecule has 1 saturated heterocycles. The number of benzene rings is 2. The molecule has 1 amide bonds. The molecule has 2 aromatic carbocycles. The van der Waals surface area contributed by atoms with E-state index < -0.39 is 11.4 Å². The van der Waals surface area contributed by atoms with Crippen LogP contribution in [0.15, 0.2) is 48.7 Å². The molecule has 1 fully saturated rings. The summed E-state index contributed by atoms with van der Waals surface area (Å²) in [5, 5.41) is 7.62. The normalized spacial score (nSPS) is 15.3. The minimum absolute atomic E-state index is 0.212. The summed E-state index contributed by atoms with van der Waals surface area (Å²) in [6.07, 6.45) is 2.85. The number of hydrogen-bond donors (Lipinski definition) is 3. The number of nitrogens with zero attached hydrogens (tertiary/aromatic N) is 3. The second-order valence-corrected chi connectivity index (χ2v) is 8.10. The quantitative estimate of drug-likeness (QED) is 0.504. The molecule has 0 aliphatic carbocycles. The van der Waals surface area contributed by atoms with Crippen LogP contribution in [0.4, 0.5) is 26.0 Å². The van der Waals surface area contributed by atoms with Crippen LogP contribution in [0.2, 0.25) is 0 Å². The molecule has 1 aliphatic heterocycles. The minimum Gasteiger partial charge on any atom is -0.497 e. The Balaban J connectivity index is 1.58. The Labute approximate surface area is 190 Å². The van der Waals surface area contributed by atoms with Crippen molar-refractivity contribution in [2.45, 2.75) is 18.4 Å². The summed E-state index contributed by atoms with van der Waals surface area (Å²) in [7, 11) is 1.50. The van der Waals surface area contributed by atoms with Crippen molar-refractivity contribution in [3.63, 3.8) is 0 Å². The number of ether oxygens (including phenoxy) is 1. The molecule has 0 spiro atoms. The molecule has 0 atom stereocenters. The molecule has 1 aliphatic rings. The molecule has 4 rings (SSSR count). The summed E-state index contributed by atoms with van der Waals surface area (Å²) >= 11 is 0. The molecule has 3 aromatic rings. The van der Waals surface area contributed by atoms with E-state index >= 15 is 0 Å². The number of nitrogens with one attached hydrogen (secondary N) is 1. The van der Waals surface area contributed by atoms with E-state index in [1.165, 1.54) is 31.4 Å². The molecule has 0 saturated carbocycles. The van der Waals surface area contributed by atoms with E-state index in [9.17, 15) is 13.6 Å². The highest BCUT2D eigenvalue weighted by Gasteiger charge is 2.37. The molecular formula is C23H26F2N6O2. The van der Waals surface area contributed by atoms with Crippen LogP contribution in [-0.4, -0.2) is 42.4 Å². The first-order chi connectivity index (χ1) is 15.8. The van der Waals surface area contributed by atoms with Crippen LogP contribution in [0.3, 0.4) is 0 Å². The first-order valence-electron chi connectivity index (χ1n) is 10.6. The first-order valence-corrected chi connectivity index (χ1v) is 10.6. The van der Waals surface area contributed by atoms with Gasteiger partial charge in [0, 0.05) is 49.3 Å². The van der Waals surface area contributed by atoms with Crippen molar-refractivity contribution in [1.82, 2.24) is 9.78 Å². The molecule has 5 N–H and O–H groups in total. The van der Waals surface area contributed by atoms with Crippen LogP contribution < -0.4 is 26.4 Å². The van der Waals surface area contributed by atoms with Gasteiger partial charge >= 0.3 is 0 Å². The smallest absolute Gasteiger partial charge is 0.254 e. The minimum atomic E-state index is -0.637. The lowest BCUT2D eigenvalue weighted by Gasteiger charge is -2.42. The third kappa shape index (κ3) is 4.61. The molecule has 10 heteroatoms. The molecule has 0 bridgehead atoms. The van der Waals surface area contributed by atoms with Crippen LogP contribution in [0.1, 0.15) is 23.2 Å². The van der Waals surface area contributed by atoms with Crippen LogP contribution in [0, 0.1) is 11.6 Å². The number of aromatic nitrogens is 2. The van der Waals surface area contributed by atoms with Crippen LogP contribution in [0.5, 0.6) is 5.75 Å². The largest absolute Gasteiger partial charge is 0.497 e. The van der Waals surface area contributed by atoms with Gasteiger partial charge in [-0.25, -0.2) is 8.78 Å². The van der Waals surface area contributed by atoms with Crippen molar-refractivity contribution in [2.75, 3.05) is 37.0 Å². The molecule has 0 radical (unpaired) electrons. The van der Waals surface area contributed by atoms with Gasteiger partial charge in [0.2, 0.25) is 0 Å². The van der Waals surface area contributed by atoms with Gasteiger partial charge in [0.1, 0.15) is 22.9 Å². The van der Waals surface area contributed by atoms with E-state index in [0.717, 1.165) is 5.69 Å². The zero-order valence-corrected chi connectivity index (χ0v) is 18.2. The van der Waals surface area contributed by atoms with Crippen molar-refractivity contribution in [3.05, 3.63) is 65.9 Å². The fourth-order valence-corrected chi connectivity index (χ4v) is 4.12. The third-order valence-electron chi connectivity index (χ3n) is 6.10. The van der Waals surface area contributed by atoms with E-state index in [-0.39, 0.29) is 23.0 Å². The second kappa shape index (κ2) is 9.07. The number of halogens is 2. The van der Waals surface area contributed by atoms with Gasteiger partial charge in [-0.15, -0.1) is 0 Å². The van der Waals surface area contributed by atoms with Gasteiger partial charge in [0.25, 0.3) is 5.91 Å². The number of primary amides is 1. The summed E-state index contributed by atoms with van der Waals surface area (Å²) in [6, 6.07) is 10.3. The average Bonchev–Trinajstić information content (AvgIpc) is 3.25. The Hall–Kier alpha value is -3.66. The molecule has 1 aromatic heterocycles. The fraction of sp³-hybridized carbons (Fsp3) is 0.304. The molecule has 0 unspecified atom stereocenters. The number of hydrogen-bond acceptors (Lipinski definition) is 6. The van der Waals surface area contributed by atoms with E-state index in [2.05, 4.69) is 15.3 Å². The topological polar surface area (TPSA) is 111 Å². The number of anilines is 3. The molecule has 8 nitrogen and oxygen atoms in total. The summed E-state index contributed by atoms with van der Waals surface area (Å²) < 4.78 is 34.1. The molecular weight excluding hydrogens is 430 g/mol. The van der Waals surface area contributed by atoms with Crippen molar-refractivity contribution in [3.8, 4) is 5.75 Å². The number of rotatable bonds is 7. The summed E-state index contributed by atoms with van der Waals surface area (Å²) in [4.78, 5) is 14.1.